The number of aliphatic hydroxyl groups excluding tert-OH is 1. The fourth-order valence-electron chi connectivity index (χ4n) is 1.50. The zero-order valence-electron chi connectivity index (χ0n) is 8.33. The van der Waals surface area contributed by atoms with Crippen LogP contribution in [0.2, 0.25) is 0 Å². The van der Waals surface area contributed by atoms with E-state index < -0.39 is 0 Å². The average Bonchev–Trinajstić information content (AvgIpc) is 1.85. The van der Waals surface area contributed by atoms with E-state index in [4.69, 9.17) is 0 Å². The van der Waals surface area contributed by atoms with Crippen LogP contribution >= 0.6 is 7.92 Å². The Labute approximate surface area is 72.0 Å². The molecule has 0 aliphatic carbocycles. The Kier molecular flexibility index (Phi) is 5.29. The molecule has 0 rings (SSSR count). The van der Waals surface area contributed by atoms with Crippen molar-refractivity contribution in [2.24, 2.45) is 0 Å². The lowest BCUT2D eigenvalue weighted by molar-refractivity contribution is 0.251. The number of rotatable bonds is 4. The fourth-order valence-corrected chi connectivity index (χ4v) is 4.49. The number of hydrogen-bond acceptors (Lipinski definition) is 1. The summed E-state index contributed by atoms with van der Waals surface area (Å²) in [5.74, 6) is -0.0509. The predicted octanol–water partition coefficient (Wildman–Crippen LogP) is 3.01. The van der Waals surface area contributed by atoms with E-state index >= 15 is 0 Å². The first-order valence-corrected chi connectivity index (χ1v) is 6.01. The molecule has 0 aliphatic heterocycles. The predicted molar refractivity (Wildman–Crippen MR) is 53.5 cm³/mol. The highest BCUT2D eigenvalue weighted by molar-refractivity contribution is 7.59. The van der Waals surface area contributed by atoms with E-state index in [9.17, 15) is 5.11 Å². The summed E-state index contributed by atoms with van der Waals surface area (Å²) in [7, 11) is -0.184. The molecule has 1 nitrogen and oxygen atoms in total. The Hall–Kier alpha value is 0.390. The van der Waals surface area contributed by atoms with Crippen molar-refractivity contribution in [3.63, 3.8) is 0 Å². The van der Waals surface area contributed by atoms with Gasteiger partial charge in [-0.25, -0.2) is 0 Å². The largest absolute Gasteiger partial charge is 0.389 e. The van der Waals surface area contributed by atoms with Gasteiger partial charge in [0.15, 0.2) is 0 Å². The summed E-state index contributed by atoms with van der Waals surface area (Å²) in [5, 5.41) is 9.69. The minimum absolute atomic E-state index is 0.0509. The van der Waals surface area contributed by atoms with Gasteiger partial charge in [-0.05, 0) is 17.7 Å². The van der Waals surface area contributed by atoms with Gasteiger partial charge in [0.25, 0.3) is 0 Å². The molecule has 0 spiro atoms. The molecular weight excluding hydrogens is 155 g/mol. The third-order valence-corrected chi connectivity index (χ3v) is 5.34. The molecule has 0 aliphatic rings. The summed E-state index contributed by atoms with van der Waals surface area (Å²) >= 11 is 0. The lowest BCUT2D eigenvalue weighted by Crippen LogP contribution is -2.15. The Morgan fingerprint density at radius 1 is 1.09 bits per heavy atom. The highest BCUT2D eigenvalue weighted by atomic mass is 31.1. The normalized spacial score (nSPS) is 15.0. The van der Waals surface area contributed by atoms with Crippen LogP contribution in [0.15, 0.2) is 0 Å². The Bertz CT molecular complexity index is 93.7. The molecule has 0 aromatic rings. The minimum Gasteiger partial charge on any atom is -0.389 e. The number of aliphatic hydroxyl groups is 1. The van der Waals surface area contributed by atoms with Crippen molar-refractivity contribution in [1.82, 2.24) is 0 Å². The second-order valence-corrected chi connectivity index (χ2v) is 7.08. The Balaban J connectivity index is 4.09. The van der Waals surface area contributed by atoms with Gasteiger partial charge in [0.2, 0.25) is 0 Å². The third-order valence-electron chi connectivity index (χ3n) is 1.90. The number of hydrogen-bond donors (Lipinski definition) is 1. The van der Waals surface area contributed by atoms with Crippen LogP contribution in [0.4, 0.5) is 0 Å². The maximum Gasteiger partial charge on any atom is 0.0732 e. The molecule has 1 atom stereocenters. The maximum absolute atomic E-state index is 9.69. The quantitative estimate of drug-likeness (QED) is 0.653. The summed E-state index contributed by atoms with van der Waals surface area (Å²) in [4.78, 5) is 0. The minimum atomic E-state index is -0.184. The monoisotopic (exact) mass is 176 g/mol. The Morgan fingerprint density at radius 2 is 1.45 bits per heavy atom. The lowest BCUT2D eigenvalue weighted by atomic mass is 10.5. The summed E-state index contributed by atoms with van der Waals surface area (Å²) in [6.07, 6.45) is 0.905. The van der Waals surface area contributed by atoms with Crippen molar-refractivity contribution in [2.75, 3.05) is 0 Å². The molecule has 0 heterocycles. The van der Waals surface area contributed by atoms with Crippen molar-refractivity contribution in [2.45, 2.75) is 58.2 Å². The topological polar surface area (TPSA) is 20.2 Å². The zero-order chi connectivity index (χ0) is 9.02. The smallest absolute Gasteiger partial charge is 0.0732 e. The van der Waals surface area contributed by atoms with Crippen molar-refractivity contribution >= 4 is 7.92 Å². The standard InChI is InChI=1S/C9H21OP/c1-6-9(10)11(7(2)3)8(4)5/h7-10H,6H2,1-5H3. The second-order valence-electron chi connectivity index (χ2n) is 3.52. The first-order chi connectivity index (χ1) is 5.00. The van der Waals surface area contributed by atoms with Gasteiger partial charge >= 0.3 is 0 Å². The van der Waals surface area contributed by atoms with Crippen molar-refractivity contribution in [3.05, 3.63) is 0 Å². The van der Waals surface area contributed by atoms with E-state index in [0.717, 1.165) is 6.42 Å². The van der Waals surface area contributed by atoms with Crippen LogP contribution in [0, 0.1) is 0 Å². The van der Waals surface area contributed by atoms with Gasteiger partial charge in [0.05, 0.1) is 5.85 Å². The highest BCUT2D eigenvalue weighted by Crippen LogP contribution is 2.50. The molecule has 0 amide bonds. The maximum atomic E-state index is 9.69. The molecule has 0 fully saturated rings. The van der Waals surface area contributed by atoms with E-state index in [2.05, 4.69) is 34.6 Å². The van der Waals surface area contributed by atoms with Crippen LogP contribution in [0.3, 0.4) is 0 Å². The van der Waals surface area contributed by atoms with Gasteiger partial charge in [-0.15, -0.1) is 0 Å². The average molecular weight is 176 g/mol. The van der Waals surface area contributed by atoms with Crippen LogP contribution < -0.4 is 0 Å². The van der Waals surface area contributed by atoms with Gasteiger partial charge in [-0.2, -0.15) is 0 Å². The molecule has 11 heavy (non-hydrogen) atoms. The van der Waals surface area contributed by atoms with Crippen LogP contribution in [0.5, 0.6) is 0 Å². The van der Waals surface area contributed by atoms with E-state index in [-0.39, 0.29) is 13.8 Å². The summed E-state index contributed by atoms with van der Waals surface area (Å²) in [6.45, 7) is 10.9. The second kappa shape index (κ2) is 5.11. The van der Waals surface area contributed by atoms with Gasteiger partial charge in [0.1, 0.15) is 0 Å². The van der Waals surface area contributed by atoms with Gasteiger partial charge in [-0.3, -0.25) is 0 Å². The van der Waals surface area contributed by atoms with Crippen LogP contribution in [-0.4, -0.2) is 22.3 Å². The van der Waals surface area contributed by atoms with Crippen LogP contribution in [0.1, 0.15) is 41.0 Å². The van der Waals surface area contributed by atoms with E-state index in [1.54, 1.807) is 0 Å². The molecule has 2 heteroatoms. The first-order valence-electron chi connectivity index (χ1n) is 4.46. The Morgan fingerprint density at radius 3 is 1.55 bits per heavy atom. The molecule has 0 aromatic heterocycles. The molecule has 0 saturated heterocycles. The fraction of sp³-hybridized carbons (Fsp3) is 1.00. The molecule has 0 radical (unpaired) electrons. The van der Waals surface area contributed by atoms with Crippen molar-refractivity contribution < 1.29 is 5.11 Å². The molecule has 1 unspecified atom stereocenters. The summed E-state index contributed by atoms with van der Waals surface area (Å²) < 4.78 is 0. The van der Waals surface area contributed by atoms with E-state index in [1.165, 1.54) is 0 Å². The molecule has 68 valence electrons. The molecule has 0 bridgehead atoms. The van der Waals surface area contributed by atoms with Gasteiger partial charge < -0.3 is 5.11 Å². The first kappa shape index (κ1) is 11.4. The van der Waals surface area contributed by atoms with Crippen LogP contribution in [0.25, 0.3) is 0 Å². The lowest BCUT2D eigenvalue weighted by Gasteiger charge is -2.29. The SMILES string of the molecule is CCC(O)P(C(C)C)C(C)C. The van der Waals surface area contributed by atoms with Crippen molar-refractivity contribution in [1.29, 1.82) is 0 Å². The van der Waals surface area contributed by atoms with E-state index in [1.807, 2.05) is 0 Å². The highest BCUT2D eigenvalue weighted by Gasteiger charge is 2.23. The van der Waals surface area contributed by atoms with Gasteiger partial charge in [0, 0.05) is 0 Å². The van der Waals surface area contributed by atoms with Gasteiger partial charge in [-0.1, -0.05) is 42.5 Å². The molecule has 0 saturated carbocycles. The molecule has 1 N–H and O–H groups in total. The van der Waals surface area contributed by atoms with Crippen molar-refractivity contribution in [3.8, 4) is 0 Å². The summed E-state index contributed by atoms with van der Waals surface area (Å²) in [6, 6.07) is 0. The third kappa shape index (κ3) is 3.53. The molecule has 0 aromatic carbocycles. The molecular formula is C9H21OP. The summed E-state index contributed by atoms with van der Waals surface area (Å²) in [5.41, 5.74) is 1.31. The zero-order valence-corrected chi connectivity index (χ0v) is 9.23. The van der Waals surface area contributed by atoms with Crippen LogP contribution in [-0.2, 0) is 0 Å². The van der Waals surface area contributed by atoms with E-state index in [0.29, 0.717) is 11.3 Å².